The average Bonchev–Trinajstić information content (AvgIpc) is 3.09. The monoisotopic (exact) mass is 546 g/mol. The third kappa shape index (κ3) is 4.55. The minimum Gasteiger partial charge on any atom is -0.496 e. The molecule has 2 heterocycles. The molecule has 1 unspecified atom stereocenters. The van der Waals surface area contributed by atoms with Gasteiger partial charge < -0.3 is 9.47 Å². The van der Waals surface area contributed by atoms with Crippen molar-refractivity contribution in [2.75, 3.05) is 13.7 Å². The number of ether oxygens (including phenoxy) is 2. The van der Waals surface area contributed by atoms with Crippen LogP contribution in [0.4, 0.5) is 0 Å². The molecule has 0 bridgehead atoms. The van der Waals surface area contributed by atoms with E-state index in [-0.39, 0.29) is 12.2 Å². The molecule has 0 spiro atoms. The number of esters is 1. The van der Waals surface area contributed by atoms with Gasteiger partial charge in [-0.3, -0.25) is 9.36 Å². The summed E-state index contributed by atoms with van der Waals surface area (Å²) in [5.74, 6) is 0.148. The highest BCUT2D eigenvalue weighted by atomic mass is 79.9. The van der Waals surface area contributed by atoms with Crippen LogP contribution in [0.2, 0.25) is 5.02 Å². The smallest absolute Gasteiger partial charge is 0.338 e. The van der Waals surface area contributed by atoms with Crippen molar-refractivity contribution in [3.63, 3.8) is 0 Å². The zero-order valence-corrected chi connectivity index (χ0v) is 21.3. The second-order valence-corrected chi connectivity index (χ2v) is 9.55. The van der Waals surface area contributed by atoms with Gasteiger partial charge in [0, 0.05) is 5.02 Å². The van der Waals surface area contributed by atoms with Crippen LogP contribution in [-0.4, -0.2) is 24.3 Å². The van der Waals surface area contributed by atoms with Crippen molar-refractivity contribution in [2.45, 2.75) is 19.9 Å². The fourth-order valence-corrected chi connectivity index (χ4v) is 5.40. The zero-order valence-electron chi connectivity index (χ0n) is 18.1. The first kappa shape index (κ1) is 23.5. The Hall–Kier alpha value is -2.68. The summed E-state index contributed by atoms with van der Waals surface area (Å²) >= 11 is 10.8. The van der Waals surface area contributed by atoms with Crippen LogP contribution in [0.25, 0.3) is 6.08 Å². The summed E-state index contributed by atoms with van der Waals surface area (Å²) in [7, 11) is 1.58. The van der Waals surface area contributed by atoms with Crippen LogP contribution in [-0.2, 0) is 9.53 Å². The summed E-state index contributed by atoms with van der Waals surface area (Å²) < 4.78 is 13.4. The first-order chi connectivity index (χ1) is 15.8. The molecular formula is C24H20BrClN2O4S. The fourth-order valence-electron chi connectivity index (χ4n) is 3.67. The highest BCUT2D eigenvalue weighted by Gasteiger charge is 2.33. The summed E-state index contributed by atoms with van der Waals surface area (Å²) in [5, 5.41) is 0.619. The minimum atomic E-state index is -0.685. The summed E-state index contributed by atoms with van der Waals surface area (Å²) in [6.45, 7) is 3.72. The van der Waals surface area contributed by atoms with Gasteiger partial charge in [-0.2, -0.15) is 0 Å². The Morgan fingerprint density at radius 2 is 2.00 bits per heavy atom. The zero-order chi connectivity index (χ0) is 23.7. The molecule has 33 heavy (non-hydrogen) atoms. The highest BCUT2D eigenvalue weighted by molar-refractivity contribution is 9.10. The number of thiazole rings is 1. The SMILES string of the molecule is CCOC(=O)C1=C(C)N=c2s/c(=C/c3ccc(Cl)cc3)c(=O)n2C1c1ccc(OC)c(Br)c1. The van der Waals surface area contributed by atoms with E-state index in [0.29, 0.717) is 35.8 Å². The molecular weight excluding hydrogens is 528 g/mol. The van der Waals surface area contributed by atoms with Crippen LogP contribution in [0.5, 0.6) is 5.75 Å². The number of carbonyl (C=O) groups is 1. The standard InChI is InChI=1S/C24H20BrClN2O4S/c1-4-32-23(30)20-13(2)27-24-28(21(20)15-7-10-18(31-3)17(25)12-15)22(29)19(33-24)11-14-5-8-16(26)9-6-14/h5-12,21H,4H2,1-3H3/b19-11+. The molecule has 2 aromatic carbocycles. The van der Waals surface area contributed by atoms with Crippen molar-refractivity contribution in [2.24, 2.45) is 4.99 Å². The third-order valence-corrected chi connectivity index (χ3v) is 7.03. The average molecular weight is 548 g/mol. The van der Waals surface area contributed by atoms with Gasteiger partial charge in [0.25, 0.3) is 5.56 Å². The number of aromatic nitrogens is 1. The van der Waals surface area contributed by atoms with E-state index in [1.165, 1.54) is 11.3 Å². The number of hydrogen-bond acceptors (Lipinski definition) is 6. The Kier molecular flexibility index (Phi) is 6.88. The van der Waals surface area contributed by atoms with Crippen molar-refractivity contribution in [3.05, 3.63) is 94.0 Å². The molecule has 0 N–H and O–H groups in total. The number of carbonyl (C=O) groups excluding carboxylic acids is 1. The molecule has 1 aliphatic rings. The van der Waals surface area contributed by atoms with E-state index in [2.05, 4.69) is 20.9 Å². The number of fused-ring (bicyclic) bond motifs is 1. The lowest BCUT2D eigenvalue weighted by molar-refractivity contribution is -0.139. The molecule has 0 amide bonds. The van der Waals surface area contributed by atoms with Crippen LogP contribution in [0, 0.1) is 0 Å². The van der Waals surface area contributed by atoms with E-state index in [9.17, 15) is 9.59 Å². The van der Waals surface area contributed by atoms with Crippen molar-refractivity contribution in [3.8, 4) is 5.75 Å². The molecule has 6 nitrogen and oxygen atoms in total. The number of benzene rings is 2. The molecule has 1 aliphatic heterocycles. The Balaban J connectivity index is 1.96. The van der Waals surface area contributed by atoms with E-state index in [1.54, 1.807) is 49.8 Å². The summed E-state index contributed by atoms with van der Waals surface area (Å²) in [5.41, 5.74) is 2.19. The predicted molar refractivity (Wildman–Crippen MR) is 133 cm³/mol. The van der Waals surface area contributed by atoms with Gasteiger partial charge in [0.2, 0.25) is 0 Å². The lowest BCUT2D eigenvalue weighted by atomic mass is 9.96. The van der Waals surface area contributed by atoms with Crippen molar-refractivity contribution < 1.29 is 14.3 Å². The second kappa shape index (κ2) is 9.67. The summed E-state index contributed by atoms with van der Waals surface area (Å²) in [6, 6.07) is 12.0. The van der Waals surface area contributed by atoms with Crippen LogP contribution in [0.15, 0.2) is 68.0 Å². The number of hydrogen-bond donors (Lipinski definition) is 0. The molecule has 0 aliphatic carbocycles. The third-order valence-electron chi connectivity index (χ3n) is 5.18. The van der Waals surface area contributed by atoms with Crippen molar-refractivity contribution >= 4 is 50.9 Å². The molecule has 1 aromatic heterocycles. The van der Waals surface area contributed by atoms with Crippen LogP contribution in [0.3, 0.4) is 0 Å². The van der Waals surface area contributed by atoms with Gasteiger partial charge in [0.15, 0.2) is 4.80 Å². The highest BCUT2D eigenvalue weighted by Crippen LogP contribution is 2.34. The van der Waals surface area contributed by atoms with Gasteiger partial charge in [0.1, 0.15) is 5.75 Å². The summed E-state index contributed by atoms with van der Waals surface area (Å²) in [6.07, 6.45) is 1.80. The van der Waals surface area contributed by atoms with Crippen LogP contribution in [0.1, 0.15) is 31.0 Å². The lowest BCUT2D eigenvalue weighted by Crippen LogP contribution is -2.39. The van der Waals surface area contributed by atoms with Crippen LogP contribution >= 0.6 is 38.9 Å². The molecule has 170 valence electrons. The van der Waals surface area contributed by atoms with E-state index >= 15 is 0 Å². The van der Waals surface area contributed by atoms with Crippen molar-refractivity contribution in [1.82, 2.24) is 4.57 Å². The van der Waals surface area contributed by atoms with Gasteiger partial charge in [-0.1, -0.05) is 41.1 Å². The first-order valence-corrected chi connectivity index (χ1v) is 12.1. The van der Waals surface area contributed by atoms with Gasteiger partial charge in [0.05, 0.1) is 40.0 Å². The molecule has 1 atom stereocenters. The Morgan fingerprint density at radius 1 is 1.27 bits per heavy atom. The van der Waals surface area contributed by atoms with E-state index < -0.39 is 12.0 Å². The minimum absolute atomic E-state index is 0.218. The second-order valence-electron chi connectivity index (χ2n) is 7.25. The maximum atomic E-state index is 13.6. The maximum absolute atomic E-state index is 13.6. The number of methoxy groups -OCH3 is 1. The largest absolute Gasteiger partial charge is 0.496 e. The van der Waals surface area contributed by atoms with Crippen LogP contribution < -0.4 is 19.6 Å². The number of nitrogens with zero attached hydrogens (tertiary/aromatic N) is 2. The Labute approximate surface area is 207 Å². The fraction of sp³-hybridized carbons (Fsp3) is 0.208. The van der Waals surface area contributed by atoms with E-state index in [1.807, 2.05) is 24.3 Å². The van der Waals surface area contributed by atoms with Gasteiger partial charge in [-0.15, -0.1) is 0 Å². The first-order valence-electron chi connectivity index (χ1n) is 10.1. The molecule has 0 saturated carbocycles. The van der Waals surface area contributed by atoms with Gasteiger partial charge >= 0.3 is 5.97 Å². The molecule has 9 heteroatoms. The normalized spacial score (nSPS) is 15.8. The number of allylic oxidation sites excluding steroid dienone is 1. The Morgan fingerprint density at radius 3 is 2.64 bits per heavy atom. The maximum Gasteiger partial charge on any atom is 0.338 e. The topological polar surface area (TPSA) is 69.9 Å². The molecule has 3 aromatic rings. The molecule has 0 fully saturated rings. The number of rotatable bonds is 5. The lowest BCUT2D eigenvalue weighted by Gasteiger charge is -2.25. The number of halogens is 2. The predicted octanol–water partition coefficient (Wildman–Crippen LogP) is 4.22. The summed E-state index contributed by atoms with van der Waals surface area (Å²) in [4.78, 5) is 31.6. The van der Waals surface area contributed by atoms with E-state index in [4.69, 9.17) is 21.1 Å². The van der Waals surface area contributed by atoms with Crippen molar-refractivity contribution in [1.29, 1.82) is 0 Å². The molecule has 0 saturated heterocycles. The van der Waals surface area contributed by atoms with Gasteiger partial charge in [-0.05, 0) is 71.2 Å². The van der Waals surface area contributed by atoms with Gasteiger partial charge in [-0.25, -0.2) is 9.79 Å². The quantitative estimate of drug-likeness (QED) is 0.449. The molecule has 0 radical (unpaired) electrons. The Bertz CT molecular complexity index is 1440. The van der Waals surface area contributed by atoms with E-state index in [0.717, 1.165) is 11.1 Å². The molecule has 4 rings (SSSR count).